The summed E-state index contributed by atoms with van der Waals surface area (Å²) >= 11 is 0. The lowest BCUT2D eigenvalue weighted by atomic mass is 9.82. The molecule has 0 saturated carbocycles. The molecule has 0 bridgehead atoms. The second kappa shape index (κ2) is 7.70. The van der Waals surface area contributed by atoms with E-state index in [1.807, 2.05) is 0 Å². The molecule has 0 aliphatic heterocycles. The van der Waals surface area contributed by atoms with Crippen LogP contribution in [-0.2, 0) is 0 Å². The number of anilines is 1. The summed E-state index contributed by atoms with van der Waals surface area (Å²) in [5, 5.41) is 13.5. The Labute approximate surface area is 153 Å². The van der Waals surface area contributed by atoms with Gasteiger partial charge in [-0.2, -0.15) is 0 Å². The Balaban J connectivity index is 1.86. The number of benzene rings is 2. The molecule has 0 unspecified atom stereocenters. The van der Waals surface area contributed by atoms with Gasteiger partial charge in [-0.3, -0.25) is 9.59 Å². The number of phenols is 1. The van der Waals surface area contributed by atoms with Crippen molar-refractivity contribution in [2.45, 2.75) is 20.3 Å². The van der Waals surface area contributed by atoms with E-state index < -0.39 is 0 Å². The second-order valence-electron chi connectivity index (χ2n) is 6.39. The first-order valence-electron chi connectivity index (χ1n) is 9.09. The summed E-state index contributed by atoms with van der Waals surface area (Å²) < 4.78 is 0. The number of aromatic hydroxyl groups is 1. The summed E-state index contributed by atoms with van der Waals surface area (Å²) in [4.78, 5) is 28.1. The number of carbonyl (C=O) groups excluding carboxylic acids is 2. The first-order valence-corrected chi connectivity index (χ1v) is 9.09. The van der Waals surface area contributed by atoms with Gasteiger partial charge in [0.25, 0.3) is 0 Å². The third-order valence-electron chi connectivity index (χ3n) is 4.91. The number of hydrogen-bond donors (Lipinski definition) is 2. The standard InChI is InChI=1S/C21H24N2O3/c1-3-23(4-2)13-7-12-22-16-10-11-17(24)19-18(16)20(25)14-8-5-6-9-15(14)21(19)26/h5-6,8-11,22,24H,3-4,7,12-13H2,1-2H3. The molecule has 5 heteroatoms. The quantitative estimate of drug-likeness (QED) is 0.504. The van der Waals surface area contributed by atoms with E-state index in [0.29, 0.717) is 23.4 Å². The molecule has 0 atom stereocenters. The highest BCUT2D eigenvalue weighted by atomic mass is 16.3. The van der Waals surface area contributed by atoms with Crippen molar-refractivity contribution in [2.75, 3.05) is 31.5 Å². The highest BCUT2D eigenvalue weighted by molar-refractivity contribution is 6.31. The molecule has 136 valence electrons. The van der Waals surface area contributed by atoms with Gasteiger partial charge in [-0.05, 0) is 38.2 Å². The Morgan fingerprint density at radius 3 is 2.15 bits per heavy atom. The normalized spacial score (nSPS) is 12.9. The van der Waals surface area contributed by atoms with Crippen LogP contribution in [0.3, 0.4) is 0 Å². The average Bonchev–Trinajstić information content (AvgIpc) is 2.67. The van der Waals surface area contributed by atoms with Gasteiger partial charge in [0, 0.05) is 23.4 Å². The zero-order valence-corrected chi connectivity index (χ0v) is 15.2. The van der Waals surface area contributed by atoms with Crippen LogP contribution in [0.5, 0.6) is 5.75 Å². The Morgan fingerprint density at radius 1 is 0.923 bits per heavy atom. The summed E-state index contributed by atoms with van der Waals surface area (Å²) in [6.45, 7) is 7.95. The lowest BCUT2D eigenvalue weighted by molar-refractivity contribution is 0.0977. The van der Waals surface area contributed by atoms with Crippen LogP contribution in [0, 0.1) is 0 Å². The fourth-order valence-electron chi connectivity index (χ4n) is 3.42. The van der Waals surface area contributed by atoms with Gasteiger partial charge in [-0.1, -0.05) is 38.1 Å². The fraction of sp³-hybridized carbons (Fsp3) is 0.333. The van der Waals surface area contributed by atoms with Gasteiger partial charge in [0.1, 0.15) is 5.75 Å². The number of rotatable bonds is 7. The lowest BCUT2D eigenvalue weighted by Crippen LogP contribution is -2.26. The maximum atomic E-state index is 12.9. The summed E-state index contributed by atoms with van der Waals surface area (Å²) in [6.07, 6.45) is 0.927. The molecule has 0 aromatic heterocycles. The van der Waals surface area contributed by atoms with Crippen molar-refractivity contribution in [3.8, 4) is 5.75 Å². The molecule has 26 heavy (non-hydrogen) atoms. The van der Waals surface area contributed by atoms with Crippen LogP contribution in [0.4, 0.5) is 5.69 Å². The van der Waals surface area contributed by atoms with Crippen LogP contribution in [0.25, 0.3) is 0 Å². The largest absolute Gasteiger partial charge is 0.507 e. The Kier molecular flexibility index (Phi) is 5.38. The zero-order chi connectivity index (χ0) is 18.7. The van der Waals surface area contributed by atoms with Gasteiger partial charge in [-0.25, -0.2) is 0 Å². The highest BCUT2D eigenvalue weighted by Crippen LogP contribution is 2.36. The van der Waals surface area contributed by atoms with Crippen molar-refractivity contribution in [3.05, 3.63) is 58.7 Å². The van der Waals surface area contributed by atoms with Crippen molar-refractivity contribution in [1.82, 2.24) is 4.90 Å². The van der Waals surface area contributed by atoms with E-state index in [1.165, 1.54) is 6.07 Å². The molecule has 0 saturated heterocycles. The monoisotopic (exact) mass is 352 g/mol. The minimum atomic E-state index is -0.306. The van der Waals surface area contributed by atoms with Gasteiger partial charge in [0.05, 0.1) is 11.1 Å². The molecule has 2 aromatic rings. The molecule has 3 rings (SSSR count). The molecule has 0 spiro atoms. The van der Waals surface area contributed by atoms with Crippen LogP contribution in [0.15, 0.2) is 36.4 Å². The second-order valence-corrected chi connectivity index (χ2v) is 6.39. The number of ketones is 2. The molecular formula is C21H24N2O3. The Morgan fingerprint density at radius 2 is 1.54 bits per heavy atom. The molecule has 2 aromatic carbocycles. The molecular weight excluding hydrogens is 328 g/mol. The van der Waals surface area contributed by atoms with Gasteiger partial charge in [0.2, 0.25) is 0 Å². The van der Waals surface area contributed by atoms with Crippen LogP contribution < -0.4 is 5.32 Å². The van der Waals surface area contributed by atoms with Crippen molar-refractivity contribution >= 4 is 17.3 Å². The SMILES string of the molecule is CCN(CC)CCCNc1ccc(O)c2c1C(=O)c1ccccc1C2=O. The van der Waals surface area contributed by atoms with Gasteiger partial charge in [0.15, 0.2) is 11.6 Å². The van der Waals surface area contributed by atoms with Gasteiger partial charge >= 0.3 is 0 Å². The molecule has 0 fully saturated rings. The highest BCUT2D eigenvalue weighted by Gasteiger charge is 2.33. The predicted octanol–water partition coefficient (Wildman–Crippen LogP) is 3.31. The topological polar surface area (TPSA) is 69.6 Å². The van der Waals surface area contributed by atoms with Crippen LogP contribution in [0.1, 0.15) is 52.1 Å². The maximum Gasteiger partial charge on any atom is 0.198 e. The third-order valence-corrected chi connectivity index (χ3v) is 4.91. The first kappa shape index (κ1) is 18.1. The van der Waals surface area contributed by atoms with E-state index in [-0.39, 0.29) is 28.4 Å². The van der Waals surface area contributed by atoms with Crippen LogP contribution in [-0.4, -0.2) is 47.8 Å². The van der Waals surface area contributed by atoms with Crippen molar-refractivity contribution < 1.29 is 14.7 Å². The summed E-state index contributed by atoms with van der Waals surface area (Å²) in [6, 6.07) is 9.90. The molecule has 1 aliphatic carbocycles. The van der Waals surface area contributed by atoms with Gasteiger partial charge < -0.3 is 15.3 Å². The van der Waals surface area contributed by atoms with E-state index in [1.54, 1.807) is 30.3 Å². The van der Waals surface area contributed by atoms with E-state index >= 15 is 0 Å². The minimum absolute atomic E-state index is 0.0995. The smallest absolute Gasteiger partial charge is 0.198 e. The number of phenolic OH excluding ortho intramolecular Hbond substituents is 1. The summed E-state index contributed by atoms with van der Waals surface area (Å²) in [7, 11) is 0. The molecule has 0 radical (unpaired) electrons. The van der Waals surface area contributed by atoms with Crippen LogP contribution in [0.2, 0.25) is 0 Å². The Bertz CT molecular complexity index is 841. The summed E-state index contributed by atoms with van der Waals surface area (Å²) in [5.74, 6) is -0.682. The average molecular weight is 352 g/mol. The first-order chi connectivity index (χ1) is 12.6. The molecule has 2 N–H and O–H groups in total. The number of nitrogens with one attached hydrogen (secondary N) is 1. The number of nitrogens with zero attached hydrogens (tertiary/aromatic N) is 1. The fourth-order valence-corrected chi connectivity index (χ4v) is 3.42. The van der Waals surface area contributed by atoms with Crippen molar-refractivity contribution in [1.29, 1.82) is 0 Å². The predicted molar refractivity (Wildman–Crippen MR) is 102 cm³/mol. The minimum Gasteiger partial charge on any atom is -0.507 e. The van der Waals surface area contributed by atoms with Crippen molar-refractivity contribution in [2.24, 2.45) is 0 Å². The van der Waals surface area contributed by atoms with E-state index in [0.717, 1.165) is 26.1 Å². The third kappa shape index (κ3) is 3.22. The summed E-state index contributed by atoms with van der Waals surface area (Å²) in [5.41, 5.74) is 1.71. The lowest BCUT2D eigenvalue weighted by Gasteiger charge is -2.22. The number of carbonyl (C=O) groups is 2. The van der Waals surface area contributed by atoms with E-state index in [2.05, 4.69) is 24.1 Å². The number of hydrogen-bond acceptors (Lipinski definition) is 5. The Hall–Kier alpha value is -2.66. The maximum absolute atomic E-state index is 12.9. The molecule has 0 heterocycles. The van der Waals surface area contributed by atoms with E-state index in [9.17, 15) is 14.7 Å². The van der Waals surface area contributed by atoms with E-state index in [4.69, 9.17) is 0 Å². The van der Waals surface area contributed by atoms with Gasteiger partial charge in [-0.15, -0.1) is 0 Å². The van der Waals surface area contributed by atoms with Crippen LogP contribution >= 0.6 is 0 Å². The molecule has 0 amide bonds. The van der Waals surface area contributed by atoms with Crippen molar-refractivity contribution in [3.63, 3.8) is 0 Å². The number of fused-ring (bicyclic) bond motifs is 2. The molecule has 5 nitrogen and oxygen atoms in total. The molecule has 1 aliphatic rings. The zero-order valence-electron chi connectivity index (χ0n) is 15.2.